The standard InChI is InChI=1S/C28H31NO2/c1-27-12-10-21-15-20-16-22(30)6-5-18(20)9-13-28(21,31)26(27)8-7-25(27)24-4-2-3-19-17-29-14-11-23(19)24/h2-4,7,10-11,14-15,17-18,22,26,30-31H,5-6,8-9,12-13,16H2,1H3/t18?,22?,26?,27?,28-/m1/s1. The topological polar surface area (TPSA) is 53.4 Å². The van der Waals surface area contributed by atoms with Gasteiger partial charge in [-0.3, -0.25) is 4.98 Å². The first kappa shape index (κ1) is 19.5. The molecule has 0 radical (unpaired) electrons. The number of rotatable bonds is 1. The number of aromatic nitrogens is 1. The lowest BCUT2D eigenvalue weighted by atomic mass is 9.58. The van der Waals surface area contributed by atoms with E-state index in [2.05, 4.69) is 54.4 Å². The molecule has 5 atom stereocenters. The maximum absolute atomic E-state index is 12.2. The minimum atomic E-state index is -0.785. The molecule has 1 saturated carbocycles. The van der Waals surface area contributed by atoms with Crippen molar-refractivity contribution in [3.05, 3.63) is 71.6 Å². The predicted octanol–water partition coefficient (Wildman–Crippen LogP) is 5.59. The normalized spacial score (nSPS) is 37.1. The molecule has 2 aromatic rings. The zero-order valence-electron chi connectivity index (χ0n) is 18.2. The third-order valence-corrected chi connectivity index (χ3v) is 8.79. The van der Waals surface area contributed by atoms with Gasteiger partial charge in [-0.15, -0.1) is 0 Å². The Hall–Kier alpha value is -2.23. The van der Waals surface area contributed by atoms with Gasteiger partial charge in [-0.2, -0.15) is 0 Å². The summed E-state index contributed by atoms with van der Waals surface area (Å²) in [6.07, 6.45) is 17.0. The zero-order chi connectivity index (χ0) is 21.2. The molecule has 3 nitrogen and oxygen atoms in total. The van der Waals surface area contributed by atoms with Crippen LogP contribution in [0.25, 0.3) is 16.3 Å². The van der Waals surface area contributed by atoms with Gasteiger partial charge in [0.05, 0.1) is 11.7 Å². The number of aliphatic hydroxyl groups is 2. The summed E-state index contributed by atoms with van der Waals surface area (Å²) in [5.41, 5.74) is 4.27. The number of pyridine rings is 1. The smallest absolute Gasteiger partial charge is 0.0933 e. The minimum Gasteiger partial charge on any atom is -0.393 e. The van der Waals surface area contributed by atoms with Gasteiger partial charge in [-0.25, -0.2) is 0 Å². The van der Waals surface area contributed by atoms with E-state index in [4.69, 9.17) is 0 Å². The molecule has 0 aliphatic heterocycles. The molecule has 160 valence electrons. The second-order valence-corrected chi connectivity index (χ2v) is 10.4. The third-order valence-electron chi connectivity index (χ3n) is 8.79. The molecule has 31 heavy (non-hydrogen) atoms. The molecule has 0 bridgehead atoms. The van der Waals surface area contributed by atoms with Crippen LogP contribution in [-0.4, -0.2) is 26.9 Å². The van der Waals surface area contributed by atoms with Crippen molar-refractivity contribution in [2.75, 3.05) is 0 Å². The lowest BCUT2D eigenvalue weighted by Gasteiger charge is -2.48. The average Bonchev–Trinajstić information content (AvgIpc) is 3.05. The van der Waals surface area contributed by atoms with Crippen LogP contribution < -0.4 is 0 Å². The van der Waals surface area contributed by atoms with Crippen LogP contribution in [0.5, 0.6) is 0 Å². The zero-order valence-corrected chi connectivity index (χ0v) is 18.2. The van der Waals surface area contributed by atoms with E-state index in [1.54, 1.807) is 0 Å². The van der Waals surface area contributed by atoms with E-state index < -0.39 is 5.60 Å². The van der Waals surface area contributed by atoms with Crippen molar-refractivity contribution < 1.29 is 10.2 Å². The van der Waals surface area contributed by atoms with Crippen molar-refractivity contribution in [3.8, 4) is 0 Å². The summed E-state index contributed by atoms with van der Waals surface area (Å²) in [5, 5.41) is 24.8. The molecule has 3 heteroatoms. The van der Waals surface area contributed by atoms with E-state index in [9.17, 15) is 10.2 Å². The van der Waals surface area contributed by atoms with Crippen molar-refractivity contribution in [2.45, 2.75) is 63.6 Å². The molecule has 0 saturated heterocycles. The number of fused-ring (bicyclic) bond motifs is 5. The summed E-state index contributed by atoms with van der Waals surface area (Å²) in [6, 6.07) is 8.60. The van der Waals surface area contributed by atoms with E-state index in [1.165, 1.54) is 27.5 Å². The van der Waals surface area contributed by atoms with Crippen LogP contribution in [0.15, 0.2) is 66.0 Å². The predicted molar refractivity (Wildman–Crippen MR) is 124 cm³/mol. The van der Waals surface area contributed by atoms with Crippen molar-refractivity contribution in [1.82, 2.24) is 4.98 Å². The van der Waals surface area contributed by atoms with Gasteiger partial charge in [-0.1, -0.05) is 48.9 Å². The number of hydrogen-bond donors (Lipinski definition) is 2. The largest absolute Gasteiger partial charge is 0.393 e. The van der Waals surface area contributed by atoms with Crippen LogP contribution in [0.2, 0.25) is 0 Å². The highest BCUT2D eigenvalue weighted by atomic mass is 16.3. The molecule has 2 N–H and O–H groups in total. The van der Waals surface area contributed by atoms with Crippen LogP contribution in [0, 0.1) is 17.3 Å². The molecule has 1 fully saturated rings. The molecule has 4 aliphatic rings. The van der Waals surface area contributed by atoms with Gasteiger partial charge in [0.25, 0.3) is 0 Å². The Kier molecular flexibility index (Phi) is 4.32. The molecule has 4 unspecified atom stereocenters. The fourth-order valence-corrected chi connectivity index (χ4v) is 7.09. The number of allylic oxidation sites excluding steroid dienone is 3. The minimum absolute atomic E-state index is 0.0800. The van der Waals surface area contributed by atoms with E-state index in [1.807, 2.05) is 12.4 Å². The van der Waals surface area contributed by atoms with Gasteiger partial charge < -0.3 is 10.2 Å². The molecule has 1 aromatic carbocycles. The molecular formula is C28H31NO2. The van der Waals surface area contributed by atoms with Crippen LogP contribution in [0.1, 0.15) is 57.4 Å². The van der Waals surface area contributed by atoms with Crippen molar-refractivity contribution in [2.24, 2.45) is 17.3 Å². The molecule has 1 aromatic heterocycles. The maximum Gasteiger partial charge on any atom is 0.0933 e. The van der Waals surface area contributed by atoms with Crippen LogP contribution in [-0.2, 0) is 0 Å². The second-order valence-electron chi connectivity index (χ2n) is 10.4. The number of hydrogen-bond acceptors (Lipinski definition) is 3. The fraction of sp³-hybridized carbons (Fsp3) is 0.464. The summed E-state index contributed by atoms with van der Waals surface area (Å²) >= 11 is 0. The van der Waals surface area contributed by atoms with Crippen molar-refractivity contribution >= 4 is 16.3 Å². The van der Waals surface area contributed by atoms with Gasteiger partial charge in [0.2, 0.25) is 0 Å². The highest BCUT2D eigenvalue weighted by molar-refractivity contribution is 5.95. The van der Waals surface area contributed by atoms with Crippen LogP contribution >= 0.6 is 0 Å². The average molecular weight is 414 g/mol. The van der Waals surface area contributed by atoms with Crippen molar-refractivity contribution in [3.63, 3.8) is 0 Å². The van der Waals surface area contributed by atoms with Gasteiger partial charge in [-0.05, 0) is 79.0 Å². The molecule has 4 aliphatic carbocycles. The van der Waals surface area contributed by atoms with Gasteiger partial charge in [0.1, 0.15) is 0 Å². The van der Waals surface area contributed by atoms with Gasteiger partial charge in [0.15, 0.2) is 0 Å². The number of benzene rings is 1. The highest BCUT2D eigenvalue weighted by Crippen LogP contribution is 2.61. The van der Waals surface area contributed by atoms with Crippen molar-refractivity contribution in [1.29, 1.82) is 0 Å². The Morgan fingerprint density at radius 3 is 2.90 bits per heavy atom. The first-order chi connectivity index (χ1) is 15.0. The Morgan fingerprint density at radius 1 is 1.10 bits per heavy atom. The first-order valence-electron chi connectivity index (χ1n) is 11.8. The first-order valence-corrected chi connectivity index (χ1v) is 11.8. The summed E-state index contributed by atoms with van der Waals surface area (Å²) in [7, 11) is 0. The fourth-order valence-electron chi connectivity index (χ4n) is 7.09. The quantitative estimate of drug-likeness (QED) is 0.641. The Bertz CT molecular complexity index is 1140. The highest BCUT2D eigenvalue weighted by Gasteiger charge is 2.55. The van der Waals surface area contributed by atoms with Crippen LogP contribution in [0.4, 0.5) is 0 Å². The molecule has 0 amide bonds. The third kappa shape index (κ3) is 2.83. The summed E-state index contributed by atoms with van der Waals surface area (Å²) < 4.78 is 0. The van der Waals surface area contributed by atoms with E-state index >= 15 is 0 Å². The monoisotopic (exact) mass is 413 g/mol. The van der Waals surface area contributed by atoms with E-state index in [0.29, 0.717) is 5.92 Å². The lowest BCUT2D eigenvalue weighted by molar-refractivity contribution is -0.0330. The van der Waals surface area contributed by atoms with E-state index in [-0.39, 0.29) is 17.4 Å². The van der Waals surface area contributed by atoms with Gasteiger partial charge in [0, 0.05) is 29.1 Å². The number of aliphatic hydroxyl groups excluding tert-OH is 1. The molecule has 6 rings (SSSR count). The van der Waals surface area contributed by atoms with Gasteiger partial charge >= 0.3 is 0 Å². The summed E-state index contributed by atoms with van der Waals surface area (Å²) in [4.78, 5) is 4.30. The Balaban J connectivity index is 1.42. The van der Waals surface area contributed by atoms with E-state index in [0.717, 1.165) is 50.5 Å². The maximum atomic E-state index is 12.2. The summed E-state index contributed by atoms with van der Waals surface area (Å²) in [5.74, 6) is 0.707. The molecule has 0 spiro atoms. The Labute approximate surface area is 184 Å². The Morgan fingerprint density at radius 2 is 2.00 bits per heavy atom. The molecule has 1 heterocycles. The SMILES string of the molecule is CC12CC=C3C=C4CC(O)CCC4CC[C@]3(O)C1CC=C2c1cccc2cnccc12. The van der Waals surface area contributed by atoms with Crippen LogP contribution in [0.3, 0.4) is 0 Å². The second kappa shape index (κ2) is 6.88. The number of nitrogens with zero attached hydrogens (tertiary/aromatic N) is 1. The lowest BCUT2D eigenvalue weighted by Crippen LogP contribution is -2.48. The summed E-state index contributed by atoms with van der Waals surface area (Å²) in [6.45, 7) is 2.36. The molecular weight excluding hydrogens is 382 g/mol.